The van der Waals surface area contributed by atoms with E-state index in [-0.39, 0.29) is 30.2 Å². The summed E-state index contributed by atoms with van der Waals surface area (Å²) < 4.78 is 9.75. The fourth-order valence-corrected chi connectivity index (χ4v) is 3.27. The van der Waals surface area contributed by atoms with E-state index in [2.05, 4.69) is 12.2 Å². The number of carbonyl (C=O) groups is 3. The predicted octanol–water partition coefficient (Wildman–Crippen LogP) is 2.45. The molecule has 0 aliphatic carbocycles. The minimum Gasteiger partial charge on any atom is -0.466 e. The number of hydrogen-bond acceptors (Lipinski definition) is 8. The van der Waals surface area contributed by atoms with E-state index in [9.17, 15) is 24.5 Å². The summed E-state index contributed by atoms with van der Waals surface area (Å²) in [6, 6.07) is 4.22. The van der Waals surface area contributed by atoms with Gasteiger partial charge in [-0.1, -0.05) is 6.92 Å². The summed E-state index contributed by atoms with van der Waals surface area (Å²) in [7, 11) is 0. The molecule has 1 aliphatic rings. The van der Waals surface area contributed by atoms with E-state index >= 15 is 0 Å². The molecular weight excluding hydrogens is 406 g/mol. The Morgan fingerprint density at radius 2 is 1.94 bits per heavy atom. The summed E-state index contributed by atoms with van der Waals surface area (Å²) in [5.41, 5.74) is 0.330. The molecule has 0 radical (unpaired) electrons. The van der Waals surface area contributed by atoms with Gasteiger partial charge in [-0.05, 0) is 44.2 Å². The van der Waals surface area contributed by atoms with Crippen molar-refractivity contribution >= 4 is 29.2 Å². The number of piperidine rings is 1. The van der Waals surface area contributed by atoms with E-state index in [4.69, 9.17) is 9.47 Å². The highest BCUT2D eigenvalue weighted by Gasteiger charge is 2.25. The number of anilines is 1. The zero-order valence-electron chi connectivity index (χ0n) is 17.9. The maximum atomic E-state index is 12.2. The van der Waals surface area contributed by atoms with E-state index in [1.807, 2.05) is 4.90 Å². The third-order valence-corrected chi connectivity index (χ3v) is 5.05. The van der Waals surface area contributed by atoms with Gasteiger partial charge in [0, 0.05) is 32.1 Å². The van der Waals surface area contributed by atoms with Gasteiger partial charge >= 0.3 is 11.9 Å². The summed E-state index contributed by atoms with van der Waals surface area (Å²) >= 11 is 0. The number of carbonyl (C=O) groups excluding carboxylic acids is 3. The van der Waals surface area contributed by atoms with Gasteiger partial charge in [0.2, 0.25) is 0 Å². The van der Waals surface area contributed by atoms with Crippen LogP contribution in [0.1, 0.15) is 49.9 Å². The molecule has 0 aromatic heterocycles. The second-order valence-electron chi connectivity index (χ2n) is 7.46. The molecule has 1 fully saturated rings. The molecule has 1 saturated heterocycles. The number of nitro benzene ring substituents is 1. The maximum Gasteiger partial charge on any atom is 0.338 e. The number of ether oxygens (including phenoxy) is 2. The molecule has 1 amide bonds. The average Bonchev–Trinajstić information content (AvgIpc) is 2.75. The zero-order valence-corrected chi connectivity index (χ0v) is 17.9. The third-order valence-electron chi connectivity index (χ3n) is 5.05. The molecule has 0 bridgehead atoms. The third kappa shape index (κ3) is 7.54. The van der Waals surface area contributed by atoms with Gasteiger partial charge in [0.1, 0.15) is 5.69 Å². The number of amides is 1. The molecule has 31 heavy (non-hydrogen) atoms. The Morgan fingerprint density at radius 1 is 1.23 bits per heavy atom. The molecule has 10 nitrogen and oxygen atoms in total. The Hall–Kier alpha value is -3.17. The van der Waals surface area contributed by atoms with Crippen LogP contribution in [0.5, 0.6) is 0 Å². The molecule has 0 saturated carbocycles. The Labute approximate surface area is 181 Å². The van der Waals surface area contributed by atoms with Gasteiger partial charge in [-0.15, -0.1) is 0 Å². The van der Waals surface area contributed by atoms with E-state index in [0.717, 1.165) is 25.9 Å². The number of hydrogen-bond donors (Lipinski definition) is 1. The Balaban J connectivity index is 1.87. The number of rotatable bonds is 10. The number of nitrogens with one attached hydrogen (secondary N) is 1. The van der Waals surface area contributed by atoms with Gasteiger partial charge in [-0.3, -0.25) is 19.7 Å². The van der Waals surface area contributed by atoms with Crippen molar-refractivity contribution in [3.8, 4) is 0 Å². The van der Waals surface area contributed by atoms with Crippen molar-refractivity contribution in [2.45, 2.75) is 39.5 Å². The quantitative estimate of drug-likeness (QED) is 0.257. The summed E-state index contributed by atoms with van der Waals surface area (Å²) in [6.07, 6.45) is 2.49. The van der Waals surface area contributed by atoms with Crippen molar-refractivity contribution < 1.29 is 28.8 Å². The van der Waals surface area contributed by atoms with E-state index in [1.165, 1.54) is 12.1 Å². The normalized spacial score (nSPS) is 14.1. The molecule has 1 heterocycles. The predicted molar refractivity (Wildman–Crippen MR) is 113 cm³/mol. The highest BCUT2D eigenvalue weighted by molar-refractivity contribution is 5.93. The van der Waals surface area contributed by atoms with Crippen LogP contribution in [-0.4, -0.2) is 55.6 Å². The first-order valence-corrected chi connectivity index (χ1v) is 10.4. The highest BCUT2D eigenvalue weighted by atomic mass is 16.6. The smallest absolute Gasteiger partial charge is 0.338 e. The number of benzene rings is 1. The first kappa shape index (κ1) is 24.1. The van der Waals surface area contributed by atoms with Gasteiger partial charge < -0.3 is 19.7 Å². The molecule has 1 aliphatic heterocycles. The molecule has 10 heteroatoms. The van der Waals surface area contributed by atoms with Crippen LogP contribution in [0.3, 0.4) is 0 Å². The van der Waals surface area contributed by atoms with Crippen molar-refractivity contribution in [1.82, 2.24) is 5.32 Å². The lowest BCUT2D eigenvalue weighted by Gasteiger charge is -2.31. The van der Waals surface area contributed by atoms with E-state index in [1.54, 1.807) is 13.0 Å². The first-order valence-electron chi connectivity index (χ1n) is 10.4. The molecule has 2 rings (SSSR count). The van der Waals surface area contributed by atoms with Gasteiger partial charge in [0.05, 0.1) is 17.1 Å². The Kier molecular flexibility index (Phi) is 9.23. The van der Waals surface area contributed by atoms with Crippen LogP contribution in [-0.2, 0) is 19.1 Å². The second-order valence-corrected chi connectivity index (χ2v) is 7.46. The SMILES string of the molecule is CCOC(=O)CCCNC(=O)COC(=O)c1ccc(N2CCC(C)CC2)c([N+](=O)[O-])c1. The lowest BCUT2D eigenvalue weighted by Crippen LogP contribution is -2.33. The fourth-order valence-electron chi connectivity index (χ4n) is 3.27. The first-order chi connectivity index (χ1) is 14.8. The van der Waals surface area contributed by atoms with Crippen molar-refractivity contribution in [2.24, 2.45) is 5.92 Å². The number of nitro groups is 1. The second kappa shape index (κ2) is 11.9. The number of esters is 2. The summed E-state index contributed by atoms with van der Waals surface area (Å²) in [5.74, 6) is -1.09. The molecular formula is C21H29N3O7. The van der Waals surface area contributed by atoms with Gasteiger partial charge in [0.25, 0.3) is 11.6 Å². The molecule has 1 N–H and O–H groups in total. The van der Waals surface area contributed by atoms with Gasteiger partial charge in [-0.25, -0.2) is 4.79 Å². The fraction of sp³-hybridized carbons (Fsp3) is 0.571. The zero-order chi connectivity index (χ0) is 22.8. The average molecular weight is 435 g/mol. The van der Waals surface area contributed by atoms with Crippen LogP contribution in [0.4, 0.5) is 11.4 Å². The minimum atomic E-state index is -0.816. The van der Waals surface area contributed by atoms with Crippen LogP contribution in [0.2, 0.25) is 0 Å². The van der Waals surface area contributed by atoms with Crippen molar-refractivity contribution in [2.75, 3.05) is 37.7 Å². The van der Waals surface area contributed by atoms with Gasteiger partial charge in [0.15, 0.2) is 6.61 Å². The molecule has 170 valence electrons. The van der Waals surface area contributed by atoms with Crippen LogP contribution < -0.4 is 10.2 Å². The molecule has 1 aromatic rings. The van der Waals surface area contributed by atoms with Gasteiger partial charge in [-0.2, -0.15) is 0 Å². The van der Waals surface area contributed by atoms with Crippen LogP contribution in [0.25, 0.3) is 0 Å². The highest BCUT2D eigenvalue weighted by Crippen LogP contribution is 2.32. The minimum absolute atomic E-state index is 0.0101. The van der Waals surface area contributed by atoms with Crippen LogP contribution in [0, 0.1) is 16.0 Å². The molecule has 0 unspecified atom stereocenters. The van der Waals surface area contributed by atoms with E-state index in [0.29, 0.717) is 24.6 Å². The topological polar surface area (TPSA) is 128 Å². The Bertz CT molecular complexity index is 804. The molecule has 1 aromatic carbocycles. The molecule has 0 atom stereocenters. The lowest BCUT2D eigenvalue weighted by molar-refractivity contribution is -0.384. The summed E-state index contributed by atoms with van der Waals surface area (Å²) in [6.45, 7) is 5.34. The standard InChI is InChI=1S/C21H29N3O7/c1-3-30-20(26)5-4-10-22-19(25)14-31-21(27)16-6-7-17(18(13-16)24(28)29)23-11-8-15(2)9-12-23/h6-7,13,15H,3-5,8-12,14H2,1-2H3,(H,22,25). The van der Waals surface area contributed by atoms with Crippen molar-refractivity contribution in [1.29, 1.82) is 0 Å². The van der Waals surface area contributed by atoms with Crippen molar-refractivity contribution in [3.63, 3.8) is 0 Å². The van der Waals surface area contributed by atoms with Crippen LogP contribution >= 0.6 is 0 Å². The lowest BCUT2D eigenvalue weighted by atomic mass is 9.98. The van der Waals surface area contributed by atoms with Crippen molar-refractivity contribution in [3.05, 3.63) is 33.9 Å². The Morgan fingerprint density at radius 3 is 2.58 bits per heavy atom. The summed E-state index contributed by atoms with van der Waals surface area (Å²) in [5, 5.41) is 14.1. The monoisotopic (exact) mass is 435 g/mol. The largest absolute Gasteiger partial charge is 0.466 e. The van der Waals surface area contributed by atoms with E-state index < -0.39 is 23.4 Å². The summed E-state index contributed by atoms with van der Waals surface area (Å²) in [4.78, 5) is 48.2. The molecule has 0 spiro atoms. The maximum absolute atomic E-state index is 12.2. The van der Waals surface area contributed by atoms with Crippen LogP contribution in [0.15, 0.2) is 18.2 Å². The number of nitrogens with zero attached hydrogens (tertiary/aromatic N) is 2.